The van der Waals surface area contributed by atoms with Gasteiger partial charge >= 0.3 is 0 Å². The fourth-order valence-electron chi connectivity index (χ4n) is 2.40. The highest BCUT2D eigenvalue weighted by Gasteiger charge is 2.12. The van der Waals surface area contributed by atoms with Gasteiger partial charge in [0.25, 0.3) is 0 Å². The molecule has 0 spiro atoms. The monoisotopic (exact) mass is 281 g/mol. The molecule has 106 valence electrons. The molecule has 3 aromatic rings. The summed E-state index contributed by atoms with van der Waals surface area (Å²) in [6, 6.07) is 12.3. The second-order valence-corrected chi connectivity index (χ2v) is 4.83. The van der Waals surface area contributed by atoms with Gasteiger partial charge in [-0.3, -0.25) is 4.79 Å². The molecule has 0 fully saturated rings. The zero-order valence-corrected chi connectivity index (χ0v) is 11.8. The topological polar surface area (TPSA) is 65.5 Å². The van der Waals surface area contributed by atoms with Crippen LogP contribution in [0.1, 0.15) is 5.56 Å². The maximum atomic E-state index is 12.4. The van der Waals surface area contributed by atoms with Crippen molar-refractivity contribution in [3.8, 4) is 17.1 Å². The number of fused-ring (bicyclic) bond motifs is 1. The van der Waals surface area contributed by atoms with Crippen LogP contribution >= 0.6 is 0 Å². The number of methoxy groups -OCH3 is 1. The van der Waals surface area contributed by atoms with Gasteiger partial charge in [0, 0.05) is 17.3 Å². The Morgan fingerprint density at radius 2 is 1.90 bits per heavy atom. The maximum absolute atomic E-state index is 12.4. The first kappa shape index (κ1) is 13.2. The lowest BCUT2D eigenvalue weighted by atomic mass is 10.0. The minimum atomic E-state index is -0.134. The first-order valence-corrected chi connectivity index (χ1v) is 6.58. The van der Waals surface area contributed by atoms with Crippen LogP contribution in [-0.2, 0) is 0 Å². The number of nitrogens with two attached hydrogens (primary N) is 1. The van der Waals surface area contributed by atoms with Gasteiger partial charge in [0.1, 0.15) is 22.5 Å². The summed E-state index contributed by atoms with van der Waals surface area (Å²) in [4.78, 5) is 12.4. The molecule has 0 aliphatic heterocycles. The van der Waals surface area contributed by atoms with Gasteiger partial charge in [0.05, 0.1) is 7.11 Å². The van der Waals surface area contributed by atoms with Crippen molar-refractivity contribution in [2.45, 2.75) is 6.92 Å². The molecule has 0 unspecified atom stereocenters. The Labute approximate surface area is 121 Å². The van der Waals surface area contributed by atoms with E-state index in [4.69, 9.17) is 14.9 Å². The van der Waals surface area contributed by atoms with Crippen molar-refractivity contribution in [2.75, 3.05) is 12.8 Å². The highest BCUT2D eigenvalue weighted by Crippen LogP contribution is 2.30. The zero-order valence-electron chi connectivity index (χ0n) is 11.8. The molecule has 0 aliphatic carbocycles. The summed E-state index contributed by atoms with van der Waals surface area (Å²) in [5.74, 6) is 1.02. The summed E-state index contributed by atoms with van der Waals surface area (Å²) >= 11 is 0. The molecular formula is C17H15NO3. The number of hydrogen-bond acceptors (Lipinski definition) is 4. The molecule has 0 atom stereocenters. The third-order valence-electron chi connectivity index (χ3n) is 3.58. The van der Waals surface area contributed by atoms with Crippen LogP contribution in [0.5, 0.6) is 5.75 Å². The minimum absolute atomic E-state index is 0.134. The smallest absolute Gasteiger partial charge is 0.197 e. The Morgan fingerprint density at radius 3 is 2.67 bits per heavy atom. The Balaban J connectivity index is 2.32. The highest BCUT2D eigenvalue weighted by atomic mass is 16.5. The molecule has 0 amide bonds. The molecule has 1 heterocycles. The number of nitrogen functional groups attached to an aromatic ring is 1. The van der Waals surface area contributed by atoms with Gasteiger partial charge in [-0.25, -0.2) is 0 Å². The minimum Gasteiger partial charge on any atom is -0.496 e. The molecule has 0 bridgehead atoms. The predicted molar refractivity (Wildman–Crippen MR) is 83.6 cm³/mol. The molecule has 2 aromatic carbocycles. The number of hydrogen-bond donors (Lipinski definition) is 1. The molecule has 1 aromatic heterocycles. The summed E-state index contributed by atoms with van der Waals surface area (Å²) in [5.41, 5.74) is 8.66. The van der Waals surface area contributed by atoms with Crippen molar-refractivity contribution >= 4 is 16.7 Å². The van der Waals surface area contributed by atoms with Crippen LogP contribution in [0, 0.1) is 6.92 Å². The first-order chi connectivity index (χ1) is 10.1. The number of anilines is 1. The van der Waals surface area contributed by atoms with Crippen LogP contribution < -0.4 is 15.9 Å². The van der Waals surface area contributed by atoms with Crippen molar-refractivity contribution in [3.05, 3.63) is 58.3 Å². The Morgan fingerprint density at radius 1 is 1.14 bits per heavy atom. The van der Waals surface area contributed by atoms with Crippen LogP contribution in [0.2, 0.25) is 0 Å². The average molecular weight is 281 g/mol. The summed E-state index contributed by atoms with van der Waals surface area (Å²) < 4.78 is 11.1. The van der Waals surface area contributed by atoms with Crippen LogP contribution in [0.15, 0.2) is 51.7 Å². The quantitative estimate of drug-likeness (QED) is 0.731. The molecular weight excluding hydrogens is 266 g/mol. The highest BCUT2D eigenvalue weighted by molar-refractivity contribution is 5.85. The van der Waals surface area contributed by atoms with E-state index in [1.807, 2.05) is 25.1 Å². The van der Waals surface area contributed by atoms with E-state index in [0.717, 1.165) is 11.1 Å². The second kappa shape index (κ2) is 4.98. The van der Waals surface area contributed by atoms with Gasteiger partial charge in [-0.2, -0.15) is 0 Å². The third-order valence-corrected chi connectivity index (χ3v) is 3.58. The molecule has 0 aliphatic rings. The number of benzene rings is 2. The fraction of sp³-hybridized carbons (Fsp3) is 0.118. The standard InChI is InChI=1S/C17H15NO3/c1-10-11(5-3-6-12(10)18)16-9-13(19)17-14(20-2)7-4-8-15(17)21-16/h3-9H,18H2,1-2H3. The van der Waals surface area contributed by atoms with Gasteiger partial charge in [0.2, 0.25) is 0 Å². The van der Waals surface area contributed by atoms with Crippen molar-refractivity contribution in [2.24, 2.45) is 0 Å². The molecule has 0 radical (unpaired) electrons. The Kier molecular flexibility index (Phi) is 3.14. The number of rotatable bonds is 2. The number of ether oxygens (including phenoxy) is 1. The van der Waals surface area contributed by atoms with Crippen molar-refractivity contribution in [3.63, 3.8) is 0 Å². The molecule has 0 saturated heterocycles. The van der Waals surface area contributed by atoms with Crippen LogP contribution in [0.25, 0.3) is 22.3 Å². The van der Waals surface area contributed by atoms with E-state index in [1.54, 1.807) is 18.2 Å². The first-order valence-electron chi connectivity index (χ1n) is 6.58. The molecule has 0 saturated carbocycles. The van der Waals surface area contributed by atoms with Gasteiger partial charge in [-0.05, 0) is 30.7 Å². The van der Waals surface area contributed by atoms with E-state index in [0.29, 0.717) is 28.2 Å². The summed E-state index contributed by atoms with van der Waals surface area (Å²) in [5, 5.41) is 0.449. The lowest BCUT2D eigenvalue weighted by Crippen LogP contribution is -2.03. The lowest BCUT2D eigenvalue weighted by molar-refractivity contribution is 0.419. The zero-order chi connectivity index (χ0) is 15.0. The molecule has 21 heavy (non-hydrogen) atoms. The normalized spacial score (nSPS) is 10.8. The van der Waals surface area contributed by atoms with E-state index in [9.17, 15) is 4.79 Å². The van der Waals surface area contributed by atoms with Crippen LogP contribution in [0.4, 0.5) is 5.69 Å². The molecule has 2 N–H and O–H groups in total. The lowest BCUT2D eigenvalue weighted by Gasteiger charge is -2.09. The van der Waals surface area contributed by atoms with E-state index in [-0.39, 0.29) is 5.43 Å². The fourth-order valence-corrected chi connectivity index (χ4v) is 2.40. The van der Waals surface area contributed by atoms with Gasteiger partial charge in [-0.1, -0.05) is 18.2 Å². The van der Waals surface area contributed by atoms with Crippen molar-refractivity contribution in [1.82, 2.24) is 0 Å². The average Bonchev–Trinajstić information content (AvgIpc) is 2.49. The van der Waals surface area contributed by atoms with Crippen molar-refractivity contribution < 1.29 is 9.15 Å². The van der Waals surface area contributed by atoms with Crippen LogP contribution in [0.3, 0.4) is 0 Å². The third kappa shape index (κ3) is 2.14. The van der Waals surface area contributed by atoms with Gasteiger partial charge in [0.15, 0.2) is 5.43 Å². The largest absolute Gasteiger partial charge is 0.496 e. The van der Waals surface area contributed by atoms with Crippen molar-refractivity contribution in [1.29, 1.82) is 0 Å². The molecule has 4 nitrogen and oxygen atoms in total. The summed E-state index contributed by atoms with van der Waals surface area (Å²) in [6.45, 7) is 1.90. The summed E-state index contributed by atoms with van der Waals surface area (Å²) in [7, 11) is 1.53. The Hall–Kier alpha value is -2.75. The van der Waals surface area contributed by atoms with E-state index in [2.05, 4.69) is 0 Å². The Bertz CT molecular complexity index is 881. The second-order valence-electron chi connectivity index (χ2n) is 4.83. The van der Waals surface area contributed by atoms with E-state index >= 15 is 0 Å². The predicted octanol–water partition coefficient (Wildman–Crippen LogP) is 3.36. The van der Waals surface area contributed by atoms with Crippen LogP contribution in [-0.4, -0.2) is 7.11 Å². The van der Waals surface area contributed by atoms with Gasteiger partial charge in [-0.15, -0.1) is 0 Å². The van der Waals surface area contributed by atoms with E-state index in [1.165, 1.54) is 13.2 Å². The summed E-state index contributed by atoms with van der Waals surface area (Å²) in [6.07, 6.45) is 0. The molecule has 4 heteroatoms. The SMILES string of the molecule is COc1cccc2oc(-c3cccc(N)c3C)cc(=O)c12. The maximum Gasteiger partial charge on any atom is 0.197 e. The van der Waals surface area contributed by atoms with Gasteiger partial charge < -0.3 is 14.9 Å². The molecule has 3 rings (SSSR count). The van der Waals surface area contributed by atoms with E-state index < -0.39 is 0 Å².